The Labute approximate surface area is 102 Å². The Balaban J connectivity index is 2.37. The molecule has 0 atom stereocenters. The quantitative estimate of drug-likeness (QED) is 0.854. The van der Waals surface area contributed by atoms with Crippen molar-refractivity contribution in [2.45, 2.75) is 0 Å². The molecule has 1 aromatic carbocycles. The summed E-state index contributed by atoms with van der Waals surface area (Å²) in [5.74, 6) is 0.208. The van der Waals surface area contributed by atoms with Gasteiger partial charge >= 0.3 is 0 Å². The zero-order valence-electron chi connectivity index (χ0n) is 8.95. The zero-order valence-corrected chi connectivity index (χ0v) is 9.70. The predicted octanol–water partition coefficient (Wildman–Crippen LogP) is 3.02. The maximum absolute atomic E-state index is 13.4. The van der Waals surface area contributed by atoms with Gasteiger partial charge in [-0.05, 0) is 12.1 Å². The largest absolute Gasteiger partial charge is 0.490 e. The Kier molecular flexibility index (Phi) is 3.39. The number of para-hydroxylation sites is 1. The lowest BCUT2D eigenvalue weighted by Crippen LogP contribution is -2.00. The summed E-state index contributed by atoms with van der Waals surface area (Å²) in [6, 6.07) is 6.24. The van der Waals surface area contributed by atoms with Gasteiger partial charge in [-0.15, -0.1) is 0 Å². The van der Waals surface area contributed by atoms with E-state index in [1.807, 2.05) is 0 Å². The van der Waals surface area contributed by atoms with Gasteiger partial charge in [0.25, 0.3) is 0 Å². The molecule has 0 aliphatic heterocycles. The minimum Gasteiger partial charge on any atom is -0.490 e. The van der Waals surface area contributed by atoms with Crippen LogP contribution in [0.5, 0.6) is 5.75 Å². The second-order valence-corrected chi connectivity index (χ2v) is 3.51. The molecule has 0 aliphatic carbocycles. The van der Waals surface area contributed by atoms with Gasteiger partial charge in [-0.1, -0.05) is 23.7 Å². The number of anilines is 2. The third-order valence-corrected chi connectivity index (χ3v) is 2.36. The van der Waals surface area contributed by atoms with Crippen LogP contribution in [-0.2, 0) is 0 Å². The molecule has 1 N–H and O–H groups in total. The molecule has 1 heterocycles. The number of hydrogen-bond acceptors (Lipinski definition) is 4. The van der Waals surface area contributed by atoms with Gasteiger partial charge < -0.3 is 10.1 Å². The summed E-state index contributed by atoms with van der Waals surface area (Å²) in [6.45, 7) is 0. The molecule has 17 heavy (non-hydrogen) atoms. The van der Waals surface area contributed by atoms with Crippen LogP contribution >= 0.6 is 11.6 Å². The van der Waals surface area contributed by atoms with Crippen molar-refractivity contribution in [3.8, 4) is 5.75 Å². The average molecular weight is 254 g/mol. The highest BCUT2D eigenvalue weighted by molar-refractivity contribution is 6.31. The Bertz CT molecular complexity index is 536. The fourth-order valence-electron chi connectivity index (χ4n) is 1.31. The lowest BCUT2D eigenvalue weighted by atomic mass is 10.3. The maximum atomic E-state index is 13.4. The Morgan fingerprint density at radius 3 is 2.76 bits per heavy atom. The summed E-state index contributed by atoms with van der Waals surface area (Å²) in [6.07, 6.45) is 1.27. The van der Waals surface area contributed by atoms with Gasteiger partial charge in [-0.25, -0.2) is 14.4 Å². The highest BCUT2D eigenvalue weighted by Crippen LogP contribution is 2.31. The van der Waals surface area contributed by atoms with E-state index in [9.17, 15) is 4.39 Å². The van der Waals surface area contributed by atoms with Crippen molar-refractivity contribution in [1.29, 1.82) is 0 Å². The van der Waals surface area contributed by atoms with E-state index in [1.54, 1.807) is 18.2 Å². The van der Waals surface area contributed by atoms with Crippen LogP contribution in [0.1, 0.15) is 0 Å². The molecule has 0 fully saturated rings. The molecule has 0 bridgehead atoms. The predicted molar refractivity (Wildman–Crippen MR) is 63.3 cm³/mol. The number of nitrogens with one attached hydrogen (secondary N) is 1. The van der Waals surface area contributed by atoms with Gasteiger partial charge in [0.05, 0.1) is 12.8 Å². The molecule has 0 aliphatic rings. The SMILES string of the molecule is COc1c(Cl)ncnc1Nc1ccccc1F. The Morgan fingerprint density at radius 1 is 1.29 bits per heavy atom. The summed E-state index contributed by atoms with van der Waals surface area (Å²) < 4.78 is 18.5. The van der Waals surface area contributed by atoms with Crippen LogP contribution in [0, 0.1) is 5.82 Å². The number of methoxy groups -OCH3 is 1. The van der Waals surface area contributed by atoms with E-state index in [0.29, 0.717) is 11.5 Å². The smallest absolute Gasteiger partial charge is 0.199 e. The maximum Gasteiger partial charge on any atom is 0.199 e. The van der Waals surface area contributed by atoms with E-state index in [0.717, 1.165) is 0 Å². The first-order valence-corrected chi connectivity index (χ1v) is 5.16. The summed E-state index contributed by atoms with van der Waals surface area (Å²) >= 11 is 5.83. The molecule has 2 aromatic rings. The van der Waals surface area contributed by atoms with E-state index in [4.69, 9.17) is 16.3 Å². The van der Waals surface area contributed by atoms with E-state index >= 15 is 0 Å². The second-order valence-electron chi connectivity index (χ2n) is 3.15. The topological polar surface area (TPSA) is 47.0 Å². The summed E-state index contributed by atoms with van der Waals surface area (Å²) in [4.78, 5) is 7.72. The van der Waals surface area contributed by atoms with Gasteiger partial charge in [-0.3, -0.25) is 0 Å². The molecule has 4 nitrogen and oxygen atoms in total. The number of benzene rings is 1. The minimum absolute atomic E-state index is 0.168. The number of halogens is 2. The normalized spacial score (nSPS) is 10.1. The van der Waals surface area contributed by atoms with Crippen molar-refractivity contribution in [3.63, 3.8) is 0 Å². The fourth-order valence-corrected chi connectivity index (χ4v) is 1.52. The lowest BCUT2D eigenvalue weighted by Gasteiger charge is -2.10. The molecule has 0 saturated carbocycles. The molecule has 88 valence electrons. The van der Waals surface area contributed by atoms with Crippen molar-refractivity contribution in [2.75, 3.05) is 12.4 Å². The third-order valence-electron chi connectivity index (χ3n) is 2.09. The molecule has 6 heteroatoms. The molecule has 0 unspecified atom stereocenters. The number of ether oxygens (including phenoxy) is 1. The molecular formula is C11H9ClFN3O. The standard InChI is InChI=1S/C11H9ClFN3O/c1-17-9-10(12)14-6-15-11(9)16-8-5-3-2-4-7(8)13/h2-6H,1H3,(H,14,15,16). The van der Waals surface area contributed by atoms with Gasteiger partial charge in [-0.2, -0.15) is 0 Å². The summed E-state index contributed by atoms with van der Waals surface area (Å²) in [5, 5.41) is 2.96. The van der Waals surface area contributed by atoms with Gasteiger partial charge in [0.2, 0.25) is 0 Å². The lowest BCUT2D eigenvalue weighted by molar-refractivity contribution is 0.413. The van der Waals surface area contributed by atoms with Crippen molar-refractivity contribution in [2.24, 2.45) is 0 Å². The summed E-state index contributed by atoms with van der Waals surface area (Å²) in [5.41, 5.74) is 0.292. The van der Waals surface area contributed by atoms with Crippen molar-refractivity contribution < 1.29 is 9.13 Å². The third kappa shape index (κ3) is 2.45. The van der Waals surface area contributed by atoms with E-state index in [1.165, 1.54) is 19.5 Å². The number of rotatable bonds is 3. The highest BCUT2D eigenvalue weighted by Gasteiger charge is 2.11. The monoisotopic (exact) mass is 253 g/mol. The van der Waals surface area contributed by atoms with Crippen molar-refractivity contribution in [3.05, 3.63) is 41.6 Å². The number of nitrogens with zero attached hydrogens (tertiary/aromatic N) is 2. The van der Waals surface area contributed by atoms with Crippen LogP contribution in [0.2, 0.25) is 5.15 Å². The van der Waals surface area contributed by atoms with Crippen LogP contribution in [-0.4, -0.2) is 17.1 Å². The first-order valence-electron chi connectivity index (χ1n) is 4.78. The second kappa shape index (κ2) is 4.97. The van der Waals surface area contributed by atoms with Crippen LogP contribution < -0.4 is 10.1 Å². The van der Waals surface area contributed by atoms with Crippen LogP contribution in [0.3, 0.4) is 0 Å². The van der Waals surface area contributed by atoms with Crippen molar-refractivity contribution in [1.82, 2.24) is 9.97 Å². The molecule has 1 aromatic heterocycles. The first kappa shape index (κ1) is 11.6. The van der Waals surface area contributed by atoms with Gasteiger partial charge in [0.15, 0.2) is 16.7 Å². The first-order chi connectivity index (χ1) is 8.22. The minimum atomic E-state index is -0.385. The Hall–Kier alpha value is -1.88. The van der Waals surface area contributed by atoms with Crippen LogP contribution in [0.4, 0.5) is 15.9 Å². The van der Waals surface area contributed by atoms with E-state index in [-0.39, 0.29) is 16.7 Å². The highest BCUT2D eigenvalue weighted by atomic mass is 35.5. The van der Waals surface area contributed by atoms with Gasteiger partial charge in [0, 0.05) is 0 Å². The van der Waals surface area contributed by atoms with E-state index < -0.39 is 0 Å². The Morgan fingerprint density at radius 2 is 2.06 bits per heavy atom. The molecule has 0 amide bonds. The van der Waals surface area contributed by atoms with Gasteiger partial charge in [0.1, 0.15) is 12.1 Å². The van der Waals surface area contributed by atoms with Crippen LogP contribution in [0.15, 0.2) is 30.6 Å². The molecule has 0 spiro atoms. The molecule has 2 rings (SSSR count). The van der Waals surface area contributed by atoms with Crippen molar-refractivity contribution >= 4 is 23.1 Å². The number of aromatic nitrogens is 2. The molecular weight excluding hydrogens is 245 g/mol. The average Bonchev–Trinajstić information content (AvgIpc) is 2.32. The van der Waals surface area contributed by atoms with E-state index in [2.05, 4.69) is 15.3 Å². The molecule has 0 saturated heterocycles. The van der Waals surface area contributed by atoms with Crippen LogP contribution in [0.25, 0.3) is 0 Å². The fraction of sp³-hybridized carbons (Fsp3) is 0.0909. The summed E-state index contributed by atoms with van der Waals surface area (Å²) in [7, 11) is 1.44. The number of hydrogen-bond donors (Lipinski definition) is 1. The molecule has 0 radical (unpaired) electrons. The zero-order chi connectivity index (χ0) is 12.3.